The Morgan fingerprint density at radius 2 is 1.78 bits per heavy atom. The highest BCUT2D eigenvalue weighted by molar-refractivity contribution is 7.09. The molecule has 0 N–H and O–H groups in total. The summed E-state index contributed by atoms with van der Waals surface area (Å²) in [6, 6.07) is 0. The first-order valence-electron chi connectivity index (χ1n) is 6.18. The van der Waals surface area contributed by atoms with Crippen LogP contribution in [0.5, 0.6) is 0 Å². The Kier molecular flexibility index (Phi) is 5.92. The number of thiazole rings is 1. The molecule has 0 atom stereocenters. The molecule has 3 nitrogen and oxygen atoms in total. The van der Waals surface area contributed by atoms with Gasteiger partial charge in [-0.05, 0) is 12.8 Å². The maximum absolute atomic E-state index is 4.33. The van der Waals surface area contributed by atoms with Gasteiger partial charge in [-0.15, -0.1) is 11.3 Å². The molecule has 0 radical (unpaired) electrons. The van der Waals surface area contributed by atoms with E-state index >= 15 is 0 Å². The maximum Gasteiger partial charge on any atom is 0.0953 e. The van der Waals surface area contributed by atoms with E-state index in [-0.39, 0.29) is 0 Å². The molecule has 0 spiro atoms. The number of aromatic nitrogens is 3. The van der Waals surface area contributed by atoms with E-state index in [1.165, 1.54) is 5.01 Å². The molecular formula is C14H21N3S. The Bertz CT molecular complexity index is 449. The van der Waals surface area contributed by atoms with Crippen LogP contribution in [0.2, 0.25) is 0 Å². The lowest BCUT2D eigenvalue weighted by Gasteiger charge is -1.99. The van der Waals surface area contributed by atoms with Gasteiger partial charge in [-0.25, -0.2) is 4.98 Å². The van der Waals surface area contributed by atoms with Crippen LogP contribution in [0.25, 0.3) is 0 Å². The smallest absolute Gasteiger partial charge is 0.0953 e. The van der Waals surface area contributed by atoms with Crippen molar-refractivity contribution in [3.05, 3.63) is 40.4 Å². The zero-order valence-electron chi connectivity index (χ0n) is 11.7. The highest BCUT2D eigenvalue weighted by Crippen LogP contribution is 2.18. The van der Waals surface area contributed by atoms with Crippen LogP contribution in [-0.4, -0.2) is 15.0 Å². The lowest BCUT2D eigenvalue weighted by Crippen LogP contribution is -1.91. The molecule has 0 saturated heterocycles. The first kappa shape index (κ1) is 14.8. The van der Waals surface area contributed by atoms with Crippen molar-refractivity contribution in [1.82, 2.24) is 15.0 Å². The van der Waals surface area contributed by atoms with Crippen LogP contribution in [0.4, 0.5) is 0 Å². The van der Waals surface area contributed by atoms with Gasteiger partial charge in [-0.2, -0.15) is 0 Å². The molecule has 2 heterocycles. The van der Waals surface area contributed by atoms with Crippen LogP contribution < -0.4 is 0 Å². The fourth-order valence-electron chi connectivity index (χ4n) is 1.25. The molecule has 18 heavy (non-hydrogen) atoms. The Morgan fingerprint density at radius 3 is 2.06 bits per heavy atom. The van der Waals surface area contributed by atoms with Gasteiger partial charge in [-0.3, -0.25) is 9.97 Å². The van der Waals surface area contributed by atoms with Crippen molar-refractivity contribution in [2.75, 3.05) is 0 Å². The summed E-state index contributed by atoms with van der Waals surface area (Å²) >= 11 is 1.75. The van der Waals surface area contributed by atoms with E-state index in [2.05, 4.69) is 48.0 Å². The minimum absolute atomic E-state index is 0.485. The molecule has 0 aliphatic heterocycles. The van der Waals surface area contributed by atoms with E-state index in [4.69, 9.17) is 0 Å². The van der Waals surface area contributed by atoms with Gasteiger partial charge in [0.25, 0.3) is 0 Å². The fourth-order valence-corrected chi connectivity index (χ4v) is 2.06. The molecule has 0 amide bonds. The zero-order valence-corrected chi connectivity index (χ0v) is 12.5. The van der Waals surface area contributed by atoms with E-state index in [0.717, 1.165) is 11.4 Å². The van der Waals surface area contributed by atoms with Crippen LogP contribution >= 0.6 is 11.3 Å². The van der Waals surface area contributed by atoms with E-state index in [1.54, 1.807) is 29.9 Å². The van der Waals surface area contributed by atoms with Crippen molar-refractivity contribution in [2.45, 2.75) is 46.5 Å². The van der Waals surface area contributed by atoms with Crippen molar-refractivity contribution in [2.24, 2.45) is 0 Å². The molecule has 2 aromatic rings. The first-order chi connectivity index (χ1) is 8.50. The predicted octanol–water partition coefficient (Wildman–Crippen LogP) is 4.17. The van der Waals surface area contributed by atoms with Crippen LogP contribution in [0, 0.1) is 6.92 Å². The topological polar surface area (TPSA) is 38.7 Å². The molecule has 0 saturated carbocycles. The molecular weight excluding hydrogens is 242 g/mol. The minimum atomic E-state index is 0.485. The third-order valence-electron chi connectivity index (χ3n) is 2.31. The molecule has 0 aromatic carbocycles. The third kappa shape index (κ3) is 4.92. The third-order valence-corrected chi connectivity index (χ3v) is 3.57. The number of hydrogen-bond acceptors (Lipinski definition) is 4. The summed E-state index contributed by atoms with van der Waals surface area (Å²) in [7, 11) is 0. The lowest BCUT2D eigenvalue weighted by atomic mass is 10.1. The molecule has 0 aliphatic carbocycles. The summed E-state index contributed by atoms with van der Waals surface area (Å²) in [6.45, 7) is 10.6. The van der Waals surface area contributed by atoms with Crippen LogP contribution in [0.1, 0.15) is 55.9 Å². The Morgan fingerprint density at radius 1 is 1.06 bits per heavy atom. The molecule has 0 fully saturated rings. The predicted molar refractivity (Wildman–Crippen MR) is 77.1 cm³/mol. The molecule has 2 rings (SSSR count). The fraction of sp³-hybridized carbons (Fsp3) is 0.500. The standard InChI is InChI=1S/C7H10N2.C7H11NS/c1-6(2)7-5-8-3-4-9-7;1-5(2)7-8-6(3)4-9-7/h3-6H,1-2H3;4-5H,1-3H3. The average Bonchev–Trinajstić information content (AvgIpc) is 2.78. The minimum Gasteiger partial charge on any atom is -0.261 e. The summed E-state index contributed by atoms with van der Waals surface area (Å²) in [6.07, 6.45) is 5.20. The number of hydrogen-bond donors (Lipinski definition) is 0. The zero-order chi connectivity index (χ0) is 13.5. The van der Waals surface area contributed by atoms with Gasteiger partial charge in [0.05, 0.1) is 10.7 Å². The Hall–Kier alpha value is -1.29. The van der Waals surface area contributed by atoms with E-state index in [9.17, 15) is 0 Å². The van der Waals surface area contributed by atoms with Gasteiger partial charge in [-0.1, -0.05) is 27.7 Å². The highest BCUT2D eigenvalue weighted by Gasteiger charge is 2.01. The number of aryl methyl sites for hydroxylation is 1. The summed E-state index contributed by atoms with van der Waals surface area (Å²) < 4.78 is 0. The van der Waals surface area contributed by atoms with E-state index < -0.39 is 0 Å². The van der Waals surface area contributed by atoms with Gasteiger partial charge < -0.3 is 0 Å². The molecule has 98 valence electrons. The Labute approximate surface area is 113 Å². The maximum atomic E-state index is 4.33. The lowest BCUT2D eigenvalue weighted by molar-refractivity contribution is 0.812. The van der Waals surface area contributed by atoms with Crippen molar-refractivity contribution in [3.63, 3.8) is 0 Å². The van der Waals surface area contributed by atoms with Crippen molar-refractivity contribution >= 4 is 11.3 Å². The summed E-state index contributed by atoms with van der Waals surface area (Å²) in [5.74, 6) is 1.07. The van der Waals surface area contributed by atoms with Crippen LogP contribution in [0.15, 0.2) is 24.0 Å². The molecule has 0 bridgehead atoms. The normalized spacial score (nSPS) is 10.4. The molecule has 0 aliphatic rings. The van der Waals surface area contributed by atoms with E-state index in [0.29, 0.717) is 11.8 Å². The molecule has 2 aromatic heterocycles. The van der Waals surface area contributed by atoms with Gasteiger partial charge in [0.15, 0.2) is 0 Å². The second-order valence-corrected chi connectivity index (χ2v) is 5.66. The quantitative estimate of drug-likeness (QED) is 0.816. The van der Waals surface area contributed by atoms with Gasteiger partial charge in [0.2, 0.25) is 0 Å². The highest BCUT2D eigenvalue weighted by atomic mass is 32.1. The molecule has 4 heteroatoms. The van der Waals surface area contributed by atoms with Crippen molar-refractivity contribution in [3.8, 4) is 0 Å². The van der Waals surface area contributed by atoms with Gasteiger partial charge >= 0.3 is 0 Å². The van der Waals surface area contributed by atoms with Gasteiger partial charge in [0, 0.05) is 35.6 Å². The van der Waals surface area contributed by atoms with Crippen molar-refractivity contribution < 1.29 is 0 Å². The number of rotatable bonds is 2. The van der Waals surface area contributed by atoms with Crippen LogP contribution in [0.3, 0.4) is 0 Å². The SMILES string of the molecule is CC(C)c1cnccn1.Cc1csc(C(C)C)n1. The van der Waals surface area contributed by atoms with Crippen LogP contribution in [-0.2, 0) is 0 Å². The van der Waals surface area contributed by atoms with Gasteiger partial charge in [0.1, 0.15) is 0 Å². The Balaban J connectivity index is 0.000000180. The second-order valence-electron chi connectivity index (χ2n) is 4.77. The molecule has 0 unspecified atom stereocenters. The monoisotopic (exact) mass is 263 g/mol. The summed E-state index contributed by atoms with van der Waals surface area (Å²) in [4.78, 5) is 12.4. The largest absolute Gasteiger partial charge is 0.261 e. The first-order valence-corrected chi connectivity index (χ1v) is 7.06. The van der Waals surface area contributed by atoms with Crippen molar-refractivity contribution in [1.29, 1.82) is 0 Å². The average molecular weight is 263 g/mol. The summed E-state index contributed by atoms with van der Waals surface area (Å²) in [5.41, 5.74) is 2.20. The summed E-state index contributed by atoms with van der Waals surface area (Å²) in [5, 5.41) is 3.34. The second kappa shape index (κ2) is 7.21. The van der Waals surface area contributed by atoms with E-state index in [1.807, 2.05) is 6.92 Å². The number of nitrogens with zero attached hydrogens (tertiary/aromatic N) is 3.